The Bertz CT molecular complexity index is 1650. The summed E-state index contributed by atoms with van der Waals surface area (Å²) in [6, 6.07) is 17.1. The molecule has 0 fully saturated rings. The molecular weight excluding hydrogens is 483 g/mol. The number of phenolic OH excluding ortho intramolecular Hbond substituents is 1. The number of aromatic amines is 1. The molecule has 0 atom stereocenters. The van der Waals surface area contributed by atoms with Crippen molar-refractivity contribution >= 4 is 44.3 Å². The van der Waals surface area contributed by atoms with Gasteiger partial charge in [-0.2, -0.15) is 8.42 Å². The van der Waals surface area contributed by atoms with Crippen molar-refractivity contribution in [1.29, 1.82) is 0 Å². The molecule has 34 heavy (non-hydrogen) atoms. The summed E-state index contributed by atoms with van der Waals surface area (Å²) in [5.74, 6) is 0.369. The number of imidazole rings is 1. The van der Waals surface area contributed by atoms with Crippen molar-refractivity contribution in [1.82, 2.24) is 9.97 Å². The molecule has 0 aliphatic heterocycles. The molecule has 7 nitrogen and oxygen atoms in total. The number of ether oxygens (including phenoxy) is 1. The van der Waals surface area contributed by atoms with Crippen LogP contribution in [0.15, 0.2) is 71.6 Å². The minimum Gasteiger partial charge on any atom is -0.507 e. The van der Waals surface area contributed by atoms with Gasteiger partial charge in [0.25, 0.3) is 10.1 Å². The van der Waals surface area contributed by atoms with Gasteiger partial charge in [-0.05, 0) is 47.5 Å². The molecular formula is C24H18ClFN2O5S. The fraction of sp³-hybridized carbons (Fsp3) is 0.0417. The molecule has 0 aliphatic rings. The molecule has 0 aliphatic carbocycles. The van der Waals surface area contributed by atoms with Gasteiger partial charge in [-0.3, -0.25) is 4.55 Å². The maximum absolute atomic E-state index is 13.3. The first-order valence-electron chi connectivity index (χ1n) is 9.82. The van der Waals surface area contributed by atoms with Crippen LogP contribution in [-0.2, 0) is 10.1 Å². The zero-order chi connectivity index (χ0) is 23.3. The molecule has 1 aromatic heterocycles. The van der Waals surface area contributed by atoms with Crippen molar-refractivity contribution in [3.63, 3.8) is 0 Å². The highest BCUT2D eigenvalue weighted by atomic mass is 35.5. The molecule has 0 amide bonds. The quantitative estimate of drug-likeness (QED) is 0.278. The van der Waals surface area contributed by atoms with E-state index in [1.807, 2.05) is 6.07 Å². The average Bonchev–Trinajstić information content (AvgIpc) is 3.22. The number of nitrogens with one attached hydrogen (secondary N) is 1. The van der Waals surface area contributed by atoms with Gasteiger partial charge in [0.05, 0.1) is 23.6 Å². The number of H-pyrrole nitrogens is 1. The van der Waals surface area contributed by atoms with Crippen molar-refractivity contribution in [2.45, 2.75) is 4.90 Å². The van der Waals surface area contributed by atoms with E-state index in [-0.39, 0.29) is 39.6 Å². The lowest BCUT2D eigenvalue weighted by atomic mass is 10.0. The smallest absolute Gasteiger partial charge is 0.295 e. The molecule has 3 N–H and O–H groups in total. The summed E-state index contributed by atoms with van der Waals surface area (Å²) in [6.07, 6.45) is 0. The first-order valence-corrected chi connectivity index (χ1v) is 11.3. The van der Waals surface area contributed by atoms with Crippen molar-refractivity contribution in [3.05, 3.63) is 72.5 Å². The molecule has 1 heterocycles. The molecule has 5 aromatic rings. The number of rotatable bonds is 4. The lowest BCUT2D eigenvalue weighted by Crippen LogP contribution is -1.99. The number of fused-ring (bicyclic) bond motifs is 3. The molecule has 0 unspecified atom stereocenters. The highest BCUT2D eigenvalue weighted by Gasteiger charge is 2.21. The van der Waals surface area contributed by atoms with Crippen molar-refractivity contribution in [2.75, 3.05) is 7.11 Å². The summed E-state index contributed by atoms with van der Waals surface area (Å²) in [4.78, 5) is 7.32. The van der Waals surface area contributed by atoms with Gasteiger partial charge < -0.3 is 14.8 Å². The normalized spacial score (nSPS) is 11.5. The van der Waals surface area contributed by atoms with Crippen molar-refractivity contribution in [2.24, 2.45) is 0 Å². The molecule has 174 valence electrons. The lowest BCUT2D eigenvalue weighted by Gasteiger charge is -2.09. The monoisotopic (exact) mass is 500 g/mol. The fourth-order valence-corrected chi connectivity index (χ4v) is 4.65. The van der Waals surface area contributed by atoms with E-state index < -0.39 is 10.1 Å². The van der Waals surface area contributed by atoms with E-state index >= 15 is 0 Å². The summed E-state index contributed by atoms with van der Waals surface area (Å²) in [7, 11) is -3.05. The highest BCUT2D eigenvalue weighted by molar-refractivity contribution is 7.86. The van der Waals surface area contributed by atoms with Crippen LogP contribution in [0.3, 0.4) is 0 Å². The molecule has 0 saturated carbocycles. The van der Waals surface area contributed by atoms with Crippen LogP contribution in [0.4, 0.5) is 4.39 Å². The number of phenols is 1. The standard InChI is InChI=1S/C24H17FN2O5S.ClH/c1-32-20-11-14(13-5-8-15(25)9-6-13)7-10-16(20)24-26-18-12-21(33(29,30)31)17-3-2-4-19(28)22(17)23(18)27-24;/h2-12,28H,1H3,(H,26,27)(H,29,30,31);1H. The van der Waals surface area contributed by atoms with E-state index in [0.29, 0.717) is 28.2 Å². The predicted molar refractivity (Wildman–Crippen MR) is 130 cm³/mol. The fourth-order valence-electron chi connectivity index (χ4n) is 3.93. The number of hydrogen-bond donors (Lipinski definition) is 3. The second-order valence-corrected chi connectivity index (χ2v) is 8.84. The van der Waals surface area contributed by atoms with E-state index in [1.165, 1.54) is 43.5 Å². The summed E-state index contributed by atoms with van der Waals surface area (Å²) in [6.45, 7) is 0. The topological polar surface area (TPSA) is 113 Å². The van der Waals surface area contributed by atoms with Gasteiger partial charge in [-0.1, -0.05) is 30.3 Å². The van der Waals surface area contributed by atoms with E-state index in [9.17, 15) is 22.5 Å². The van der Waals surface area contributed by atoms with Crippen LogP contribution in [0.2, 0.25) is 0 Å². The molecule has 5 rings (SSSR count). The Kier molecular flexibility index (Phi) is 5.94. The van der Waals surface area contributed by atoms with Gasteiger partial charge in [-0.25, -0.2) is 9.37 Å². The Morgan fingerprint density at radius 3 is 2.38 bits per heavy atom. The second-order valence-electron chi connectivity index (χ2n) is 7.45. The zero-order valence-corrected chi connectivity index (χ0v) is 19.2. The van der Waals surface area contributed by atoms with Gasteiger partial charge in [0.15, 0.2) is 0 Å². The highest BCUT2D eigenvalue weighted by Crippen LogP contribution is 2.39. The molecule has 0 radical (unpaired) electrons. The first-order chi connectivity index (χ1) is 15.8. The van der Waals surface area contributed by atoms with Crippen LogP contribution in [0, 0.1) is 5.82 Å². The van der Waals surface area contributed by atoms with E-state index in [2.05, 4.69) is 9.97 Å². The second kappa shape index (κ2) is 8.60. The summed E-state index contributed by atoms with van der Waals surface area (Å²) >= 11 is 0. The molecule has 0 saturated heterocycles. The number of aromatic hydroxyl groups is 1. The number of benzene rings is 4. The van der Waals surface area contributed by atoms with E-state index in [4.69, 9.17) is 4.74 Å². The molecule has 10 heteroatoms. The number of halogens is 2. The third-order valence-electron chi connectivity index (χ3n) is 5.46. The summed E-state index contributed by atoms with van der Waals surface area (Å²) in [5, 5.41) is 10.8. The van der Waals surface area contributed by atoms with Crippen LogP contribution < -0.4 is 4.74 Å². The molecule has 4 aromatic carbocycles. The van der Waals surface area contributed by atoms with Crippen LogP contribution in [0.25, 0.3) is 44.3 Å². The van der Waals surface area contributed by atoms with Gasteiger partial charge >= 0.3 is 0 Å². The van der Waals surface area contributed by atoms with Crippen molar-refractivity contribution in [3.8, 4) is 34.0 Å². The Morgan fingerprint density at radius 2 is 1.71 bits per heavy atom. The minimum absolute atomic E-state index is 0. The maximum Gasteiger partial charge on any atom is 0.295 e. The third-order valence-corrected chi connectivity index (χ3v) is 6.36. The lowest BCUT2D eigenvalue weighted by molar-refractivity contribution is 0.416. The Labute approximate surface area is 200 Å². The zero-order valence-electron chi connectivity index (χ0n) is 17.6. The van der Waals surface area contributed by atoms with Gasteiger partial charge in [0.2, 0.25) is 0 Å². The van der Waals surface area contributed by atoms with Gasteiger partial charge in [0, 0.05) is 5.39 Å². The Balaban J connectivity index is 0.00000274. The largest absolute Gasteiger partial charge is 0.507 e. The van der Waals surface area contributed by atoms with Gasteiger partial charge in [-0.15, -0.1) is 12.4 Å². The van der Waals surface area contributed by atoms with Crippen LogP contribution >= 0.6 is 12.4 Å². The number of hydrogen-bond acceptors (Lipinski definition) is 5. The maximum atomic E-state index is 13.3. The minimum atomic E-state index is -4.56. The SMILES string of the molecule is COc1cc(-c2ccc(F)cc2)ccc1-c1nc2c(cc(S(=O)(=O)O)c3cccc(O)c32)[nH]1.Cl. The number of methoxy groups -OCH3 is 1. The Hall–Kier alpha value is -3.66. The van der Waals surface area contributed by atoms with E-state index in [0.717, 1.165) is 11.1 Å². The average molecular weight is 501 g/mol. The van der Waals surface area contributed by atoms with E-state index in [1.54, 1.807) is 24.3 Å². The van der Waals surface area contributed by atoms with Crippen molar-refractivity contribution < 1.29 is 27.2 Å². The predicted octanol–water partition coefficient (Wildman–Crippen LogP) is 5.57. The number of aromatic nitrogens is 2. The summed E-state index contributed by atoms with van der Waals surface area (Å²) in [5.41, 5.74) is 2.87. The van der Waals surface area contributed by atoms with Crippen LogP contribution in [-0.4, -0.2) is 35.2 Å². The first kappa shape index (κ1) is 23.5. The summed E-state index contributed by atoms with van der Waals surface area (Å²) < 4.78 is 52.5. The third kappa shape index (κ3) is 3.94. The number of nitrogens with zero attached hydrogens (tertiary/aromatic N) is 1. The van der Waals surface area contributed by atoms with Crippen LogP contribution in [0.1, 0.15) is 0 Å². The molecule has 0 spiro atoms. The van der Waals surface area contributed by atoms with Crippen LogP contribution in [0.5, 0.6) is 11.5 Å². The molecule has 0 bridgehead atoms. The van der Waals surface area contributed by atoms with Gasteiger partial charge in [0.1, 0.15) is 33.6 Å². The Morgan fingerprint density at radius 1 is 1.00 bits per heavy atom.